The van der Waals surface area contributed by atoms with Gasteiger partial charge in [-0.05, 0) is 87.9 Å². The number of benzene rings is 2. The van der Waals surface area contributed by atoms with E-state index >= 15 is 0 Å². The van der Waals surface area contributed by atoms with Crippen LogP contribution in [0.15, 0.2) is 46.9 Å². The summed E-state index contributed by atoms with van der Waals surface area (Å²) >= 11 is 0. The highest BCUT2D eigenvalue weighted by atomic mass is 19.1. The Kier molecular flexibility index (Phi) is 7.03. The van der Waals surface area contributed by atoms with Crippen LogP contribution in [0.25, 0.3) is 11.5 Å². The van der Waals surface area contributed by atoms with Crippen LogP contribution in [-0.4, -0.2) is 46.7 Å². The normalized spacial score (nSPS) is 20.6. The minimum absolute atomic E-state index is 0.0553. The van der Waals surface area contributed by atoms with Crippen molar-refractivity contribution in [3.05, 3.63) is 59.7 Å². The first kappa shape index (κ1) is 23.4. The number of nitrogens with one attached hydrogen (secondary N) is 2. The van der Waals surface area contributed by atoms with Gasteiger partial charge in [-0.25, -0.2) is 8.78 Å². The fourth-order valence-corrected chi connectivity index (χ4v) is 4.99. The fraction of sp³-hybridized carbons (Fsp3) is 0.423. The van der Waals surface area contributed by atoms with E-state index in [9.17, 15) is 13.6 Å². The Balaban J connectivity index is 1.16. The first-order valence-electron chi connectivity index (χ1n) is 12.2. The van der Waals surface area contributed by atoms with Crippen LogP contribution in [0.5, 0.6) is 0 Å². The largest absolute Gasteiger partial charge is 0.403 e. The van der Waals surface area contributed by atoms with Gasteiger partial charge in [0.1, 0.15) is 11.6 Å². The summed E-state index contributed by atoms with van der Waals surface area (Å²) in [4.78, 5) is 14.9. The topological polar surface area (TPSA) is 83.3 Å². The summed E-state index contributed by atoms with van der Waals surface area (Å²) in [5.41, 5.74) is 0.210. The number of carbonyl (C=O) groups is 1. The molecule has 1 aliphatic heterocycles. The number of rotatable bonds is 7. The molecule has 3 aromatic rings. The molecule has 2 fully saturated rings. The summed E-state index contributed by atoms with van der Waals surface area (Å²) in [6, 6.07) is 10.3. The van der Waals surface area contributed by atoms with Gasteiger partial charge in [0.2, 0.25) is 0 Å². The van der Waals surface area contributed by atoms with Gasteiger partial charge < -0.3 is 20.0 Å². The molecule has 2 aliphatic rings. The molecule has 35 heavy (non-hydrogen) atoms. The van der Waals surface area contributed by atoms with Crippen LogP contribution < -0.4 is 10.6 Å². The van der Waals surface area contributed by atoms with E-state index in [1.165, 1.54) is 75.6 Å². The summed E-state index contributed by atoms with van der Waals surface area (Å²) in [6.45, 7) is 3.67. The Morgan fingerprint density at radius 2 is 1.77 bits per heavy atom. The fourth-order valence-electron chi connectivity index (χ4n) is 4.99. The number of hydrogen-bond acceptors (Lipinski definition) is 6. The predicted molar refractivity (Wildman–Crippen MR) is 129 cm³/mol. The highest BCUT2D eigenvalue weighted by Crippen LogP contribution is 2.30. The smallest absolute Gasteiger partial charge is 0.315 e. The van der Waals surface area contributed by atoms with Crippen molar-refractivity contribution in [1.29, 1.82) is 0 Å². The van der Waals surface area contributed by atoms with Crippen molar-refractivity contribution in [2.24, 2.45) is 5.92 Å². The van der Waals surface area contributed by atoms with Crippen LogP contribution in [0.3, 0.4) is 0 Å². The minimum atomic E-state index is -0.658. The summed E-state index contributed by atoms with van der Waals surface area (Å²) in [7, 11) is 0. The van der Waals surface area contributed by atoms with Gasteiger partial charge in [-0.15, -0.1) is 5.10 Å². The van der Waals surface area contributed by atoms with E-state index in [1.54, 1.807) is 6.07 Å². The summed E-state index contributed by atoms with van der Waals surface area (Å²) in [5.74, 6) is -1.13. The van der Waals surface area contributed by atoms with E-state index < -0.39 is 17.5 Å². The Morgan fingerprint density at radius 1 is 1.00 bits per heavy atom. The van der Waals surface area contributed by atoms with Crippen LogP contribution in [0.4, 0.5) is 20.5 Å². The SMILES string of the molecule is O=C(Nc1ccc(-c2nnc(NC3CCC(CN4CCCC4)CC3)o2)c(F)c1)c1ccccc1F. The van der Waals surface area contributed by atoms with Crippen LogP contribution in [0, 0.1) is 17.6 Å². The molecule has 5 rings (SSSR count). The number of amides is 1. The molecular weight excluding hydrogens is 452 g/mol. The molecule has 0 radical (unpaired) electrons. The third-order valence-electron chi connectivity index (χ3n) is 6.89. The van der Waals surface area contributed by atoms with Crippen LogP contribution in [-0.2, 0) is 0 Å². The number of aromatic nitrogens is 2. The average molecular weight is 482 g/mol. The number of anilines is 2. The quantitative estimate of drug-likeness (QED) is 0.474. The van der Waals surface area contributed by atoms with Crippen molar-refractivity contribution in [2.75, 3.05) is 30.3 Å². The van der Waals surface area contributed by atoms with Crippen LogP contribution in [0.2, 0.25) is 0 Å². The molecular formula is C26H29F2N5O2. The second-order valence-corrected chi connectivity index (χ2v) is 9.41. The van der Waals surface area contributed by atoms with Crippen molar-refractivity contribution in [1.82, 2.24) is 15.1 Å². The zero-order valence-electron chi connectivity index (χ0n) is 19.5. The second kappa shape index (κ2) is 10.5. The molecule has 1 amide bonds. The van der Waals surface area contributed by atoms with E-state index in [1.807, 2.05) is 0 Å². The van der Waals surface area contributed by atoms with Crippen molar-refractivity contribution in [3.8, 4) is 11.5 Å². The van der Waals surface area contributed by atoms with Gasteiger partial charge in [0, 0.05) is 18.3 Å². The summed E-state index contributed by atoms with van der Waals surface area (Å²) in [6.07, 6.45) is 7.07. The molecule has 1 saturated heterocycles. The van der Waals surface area contributed by atoms with Gasteiger partial charge in [-0.1, -0.05) is 17.2 Å². The van der Waals surface area contributed by atoms with Gasteiger partial charge in [0.15, 0.2) is 0 Å². The summed E-state index contributed by atoms with van der Waals surface area (Å²) < 4.78 is 34.3. The van der Waals surface area contributed by atoms with E-state index in [4.69, 9.17) is 4.42 Å². The maximum Gasteiger partial charge on any atom is 0.315 e. The minimum Gasteiger partial charge on any atom is -0.403 e. The molecule has 2 N–H and O–H groups in total. The molecule has 1 aromatic heterocycles. The highest BCUT2D eigenvalue weighted by Gasteiger charge is 2.25. The molecule has 0 bridgehead atoms. The average Bonchev–Trinajstić information content (AvgIpc) is 3.53. The molecule has 0 unspecified atom stereocenters. The summed E-state index contributed by atoms with van der Waals surface area (Å²) in [5, 5.41) is 13.8. The molecule has 1 aliphatic carbocycles. The third-order valence-corrected chi connectivity index (χ3v) is 6.89. The van der Waals surface area contributed by atoms with E-state index in [0.29, 0.717) is 0 Å². The molecule has 2 heterocycles. The van der Waals surface area contributed by atoms with Crippen molar-refractivity contribution in [2.45, 2.75) is 44.6 Å². The Labute approximate surface area is 202 Å². The molecule has 2 aromatic carbocycles. The number of likely N-dealkylation sites (tertiary alicyclic amines) is 1. The van der Waals surface area contributed by atoms with E-state index in [0.717, 1.165) is 24.8 Å². The Bertz CT molecular complexity index is 1170. The lowest BCUT2D eigenvalue weighted by Gasteiger charge is -2.31. The molecule has 1 saturated carbocycles. The maximum atomic E-state index is 14.8. The highest BCUT2D eigenvalue weighted by molar-refractivity contribution is 6.04. The van der Waals surface area contributed by atoms with Gasteiger partial charge in [0.25, 0.3) is 11.8 Å². The second-order valence-electron chi connectivity index (χ2n) is 9.41. The predicted octanol–water partition coefficient (Wildman–Crippen LogP) is 5.33. The maximum absolute atomic E-state index is 14.8. The van der Waals surface area contributed by atoms with Crippen molar-refractivity contribution in [3.63, 3.8) is 0 Å². The van der Waals surface area contributed by atoms with Crippen molar-refractivity contribution >= 4 is 17.6 Å². The molecule has 7 nitrogen and oxygen atoms in total. The van der Waals surface area contributed by atoms with Crippen LogP contribution >= 0.6 is 0 Å². The first-order valence-corrected chi connectivity index (χ1v) is 12.2. The Morgan fingerprint density at radius 3 is 2.51 bits per heavy atom. The zero-order valence-corrected chi connectivity index (χ0v) is 19.5. The third kappa shape index (κ3) is 5.67. The number of hydrogen-bond donors (Lipinski definition) is 2. The van der Waals surface area contributed by atoms with Gasteiger partial charge >= 0.3 is 6.01 Å². The first-order chi connectivity index (χ1) is 17.0. The molecule has 0 atom stereocenters. The lowest BCUT2D eigenvalue weighted by atomic mass is 9.86. The van der Waals surface area contributed by atoms with Crippen LogP contribution in [0.1, 0.15) is 48.9 Å². The zero-order chi connectivity index (χ0) is 24.2. The number of carbonyl (C=O) groups excluding carboxylic acids is 1. The lowest BCUT2D eigenvalue weighted by molar-refractivity contribution is 0.102. The molecule has 184 valence electrons. The number of nitrogens with zero attached hydrogens (tertiary/aromatic N) is 3. The number of halogens is 2. The standard InChI is InChI=1S/C26H29F2N5O2/c27-22-6-2-1-5-20(22)24(34)29-19-11-12-21(23(28)15-19)25-31-32-26(35-25)30-18-9-7-17(8-10-18)16-33-13-3-4-14-33/h1-2,5-6,11-12,15,17-18H,3-4,7-10,13-14,16H2,(H,29,34)(H,30,32). The van der Waals surface area contributed by atoms with Gasteiger partial charge in [-0.2, -0.15) is 0 Å². The lowest BCUT2D eigenvalue weighted by Crippen LogP contribution is -2.32. The Hall–Kier alpha value is -3.33. The van der Waals surface area contributed by atoms with E-state index in [2.05, 4.69) is 25.7 Å². The van der Waals surface area contributed by atoms with E-state index in [-0.39, 0.29) is 34.8 Å². The molecule has 0 spiro atoms. The van der Waals surface area contributed by atoms with Crippen molar-refractivity contribution < 1.29 is 18.0 Å². The van der Waals surface area contributed by atoms with Gasteiger partial charge in [-0.3, -0.25) is 4.79 Å². The molecule has 9 heteroatoms. The van der Waals surface area contributed by atoms with Gasteiger partial charge in [0.05, 0.1) is 11.1 Å². The monoisotopic (exact) mass is 481 g/mol.